The zero-order valence-electron chi connectivity index (χ0n) is 11.5. The summed E-state index contributed by atoms with van der Waals surface area (Å²) in [6, 6.07) is 13.0. The Hall–Kier alpha value is -1.88. The number of fused-ring (bicyclic) bond motifs is 2. The Bertz CT molecular complexity index is 796. The Balaban J connectivity index is 1.57. The summed E-state index contributed by atoms with van der Waals surface area (Å²) < 4.78 is 2.75. The van der Waals surface area contributed by atoms with Crippen LogP contribution in [0.15, 0.2) is 47.1 Å². The first-order chi connectivity index (χ1) is 10.3. The van der Waals surface area contributed by atoms with Gasteiger partial charge in [-0.1, -0.05) is 24.3 Å². The lowest BCUT2D eigenvalue weighted by Crippen LogP contribution is -2.27. The molecular weight excluding hydrogens is 328 g/mol. The normalized spacial score (nSPS) is 17.7. The van der Waals surface area contributed by atoms with Gasteiger partial charge in [-0.25, -0.2) is 4.52 Å². The molecule has 0 spiro atoms. The highest BCUT2D eigenvalue weighted by Gasteiger charge is 2.19. The molecule has 0 amide bonds. The van der Waals surface area contributed by atoms with Gasteiger partial charge >= 0.3 is 0 Å². The molecule has 4 rings (SSSR count). The monoisotopic (exact) mass is 342 g/mol. The van der Waals surface area contributed by atoms with Crippen molar-refractivity contribution in [3.05, 3.63) is 58.2 Å². The van der Waals surface area contributed by atoms with Gasteiger partial charge in [0.05, 0.1) is 4.47 Å². The van der Waals surface area contributed by atoms with E-state index in [2.05, 4.69) is 55.6 Å². The Morgan fingerprint density at radius 3 is 2.86 bits per heavy atom. The van der Waals surface area contributed by atoms with Crippen LogP contribution in [-0.4, -0.2) is 20.6 Å². The number of aryl methyl sites for hydroxylation is 1. The Labute approximate surface area is 131 Å². The molecule has 1 unspecified atom stereocenters. The summed E-state index contributed by atoms with van der Waals surface area (Å²) in [4.78, 5) is 4.56. The van der Waals surface area contributed by atoms with Crippen LogP contribution in [0.5, 0.6) is 0 Å². The lowest BCUT2D eigenvalue weighted by molar-refractivity contribution is 0.606. The van der Waals surface area contributed by atoms with Gasteiger partial charge in [-0.05, 0) is 58.5 Å². The van der Waals surface area contributed by atoms with E-state index >= 15 is 0 Å². The summed E-state index contributed by atoms with van der Waals surface area (Å²) in [5.74, 6) is 0.700. The highest BCUT2D eigenvalue weighted by Crippen LogP contribution is 2.23. The van der Waals surface area contributed by atoms with Gasteiger partial charge in [0.15, 0.2) is 5.65 Å². The molecule has 1 N–H and O–H groups in total. The molecule has 106 valence electrons. The molecule has 0 saturated carbocycles. The SMILES string of the molecule is Brc1cccn2nc(NC3CCc4ccccc4C3)nc12. The van der Waals surface area contributed by atoms with Crippen molar-refractivity contribution in [1.82, 2.24) is 14.6 Å². The summed E-state index contributed by atoms with van der Waals surface area (Å²) in [6.45, 7) is 0. The summed E-state index contributed by atoms with van der Waals surface area (Å²) in [5, 5.41) is 7.96. The third-order valence-corrected chi connectivity index (χ3v) is 4.61. The first-order valence-corrected chi connectivity index (χ1v) is 7.93. The van der Waals surface area contributed by atoms with Crippen LogP contribution in [0.25, 0.3) is 5.65 Å². The molecule has 21 heavy (non-hydrogen) atoms. The number of rotatable bonds is 2. The van der Waals surface area contributed by atoms with Gasteiger partial charge in [-0.15, -0.1) is 5.10 Å². The van der Waals surface area contributed by atoms with Crippen molar-refractivity contribution in [3.63, 3.8) is 0 Å². The molecule has 0 fully saturated rings. The minimum Gasteiger partial charge on any atom is -0.350 e. The third kappa shape index (κ3) is 2.42. The summed E-state index contributed by atoms with van der Waals surface area (Å²) in [7, 11) is 0. The smallest absolute Gasteiger partial charge is 0.243 e. The van der Waals surface area contributed by atoms with E-state index in [9.17, 15) is 0 Å². The molecular formula is C16H15BrN4. The first-order valence-electron chi connectivity index (χ1n) is 7.14. The minimum atomic E-state index is 0.399. The van der Waals surface area contributed by atoms with Crippen LogP contribution in [-0.2, 0) is 12.8 Å². The number of benzene rings is 1. The van der Waals surface area contributed by atoms with E-state index in [1.54, 1.807) is 4.52 Å². The molecule has 4 nitrogen and oxygen atoms in total. The molecule has 0 radical (unpaired) electrons. The fourth-order valence-corrected chi connectivity index (χ4v) is 3.36. The summed E-state index contributed by atoms with van der Waals surface area (Å²) in [6.07, 6.45) is 5.18. The zero-order chi connectivity index (χ0) is 14.2. The number of nitrogens with one attached hydrogen (secondary N) is 1. The van der Waals surface area contributed by atoms with Crippen molar-refractivity contribution >= 4 is 27.5 Å². The average molecular weight is 343 g/mol. The van der Waals surface area contributed by atoms with E-state index in [0.717, 1.165) is 29.4 Å². The average Bonchev–Trinajstić information content (AvgIpc) is 2.91. The van der Waals surface area contributed by atoms with Crippen LogP contribution < -0.4 is 5.32 Å². The third-order valence-electron chi connectivity index (χ3n) is 3.99. The Kier molecular flexibility index (Phi) is 3.15. The largest absolute Gasteiger partial charge is 0.350 e. The van der Waals surface area contributed by atoms with E-state index in [4.69, 9.17) is 0 Å². The van der Waals surface area contributed by atoms with Crippen LogP contribution in [0.1, 0.15) is 17.5 Å². The zero-order valence-corrected chi connectivity index (χ0v) is 13.0. The van der Waals surface area contributed by atoms with E-state index in [1.807, 2.05) is 18.3 Å². The van der Waals surface area contributed by atoms with Crippen LogP contribution in [0.3, 0.4) is 0 Å². The maximum absolute atomic E-state index is 4.56. The second-order valence-electron chi connectivity index (χ2n) is 5.41. The van der Waals surface area contributed by atoms with Crippen molar-refractivity contribution in [2.24, 2.45) is 0 Å². The summed E-state index contributed by atoms with van der Waals surface area (Å²) >= 11 is 3.51. The molecule has 0 saturated heterocycles. The molecule has 1 aliphatic rings. The van der Waals surface area contributed by atoms with Crippen LogP contribution >= 0.6 is 15.9 Å². The van der Waals surface area contributed by atoms with Crippen molar-refractivity contribution in [2.45, 2.75) is 25.3 Å². The maximum Gasteiger partial charge on any atom is 0.243 e. The van der Waals surface area contributed by atoms with Crippen LogP contribution in [0.2, 0.25) is 0 Å². The van der Waals surface area contributed by atoms with Crippen molar-refractivity contribution in [3.8, 4) is 0 Å². The number of nitrogens with zero attached hydrogens (tertiary/aromatic N) is 3. The fourth-order valence-electron chi connectivity index (χ4n) is 2.94. The molecule has 1 aliphatic carbocycles. The quantitative estimate of drug-likeness (QED) is 0.775. The van der Waals surface area contributed by atoms with Gasteiger partial charge < -0.3 is 5.32 Å². The lowest BCUT2D eigenvalue weighted by atomic mass is 9.88. The number of anilines is 1. The molecule has 2 heterocycles. The van der Waals surface area contributed by atoms with Gasteiger partial charge in [-0.3, -0.25) is 0 Å². The van der Waals surface area contributed by atoms with Crippen molar-refractivity contribution in [1.29, 1.82) is 0 Å². The molecule has 1 atom stereocenters. The number of pyridine rings is 1. The second-order valence-corrected chi connectivity index (χ2v) is 6.27. The lowest BCUT2D eigenvalue weighted by Gasteiger charge is -2.24. The molecule has 0 aliphatic heterocycles. The van der Waals surface area contributed by atoms with Crippen molar-refractivity contribution < 1.29 is 0 Å². The topological polar surface area (TPSA) is 42.2 Å². The molecule has 1 aromatic carbocycles. The minimum absolute atomic E-state index is 0.399. The Morgan fingerprint density at radius 1 is 1.14 bits per heavy atom. The number of hydrogen-bond donors (Lipinski definition) is 1. The van der Waals surface area contributed by atoms with E-state index < -0.39 is 0 Å². The van der Waals surface area contributed by atoms with E-state index in [-0.39, 0.29) is 0 Å². The molecule has 0 bridgehead atoms. The molecule has 3 aromatic rings. The van der Waals surface area contributed by atoms with Gasteiger partial charge in [0.2, 0.25) is 5.95 Å². The van der Waals surface area contributed by atoms with Gasteiger partial charge in [0.25, 0.3) is 0 Å². The molecule has 5 heteroatoms. The highest BCUT2D eigenvalue weighted by molar-refractivity contribution is 9.10. The fraction of sp³-hybridized carbons (Fsp3) is 0.250. The van der Waals surface area contributed by atoms with E-state index in [0.29, 0.717) is 12.0 Å². The first kappa shape index (κ1) is 12.8. The number of halogens is 1. The van der Waals surface area contributed by atoms with Crippen LogP contribution in [0, 0.1) is 0 Å². The molecule has 2 aromatic heterocycles. The predicted molar refractivity (Wildman–Crippen MR) is 86.6 cm³/mol. The maximum atomic E-state index is 4.56. The van der Waals surface area contributed by atoms with Crippen molar-refractivity contribution in [2.75, 3.05) is 5.32 Å². The highest BCUT2D eigenvalue weighted by atomic mass is 79.9. The summed E-state index contributed by atoms with van der Waals surface area (Å²) in [5.41, 5.74) is 3.75. The van der Waals surface area contributed by atoms with E-state index in [1.165, 1.54) is 11.1 Å². The Morgan fingerprint density at radius 2 is 2.00 bits per heavy atom. The van der Waals surface area contributed by atoms with Crippen LogP contribution in [0.4, 0.5) is 5.95 Å². The van der Waals surface area contributed by atoms with Gasteiger partial charge in [0, 0.05) is 12.2 Å². The van der Waals surface area contributed by atoms with Gasteiger partial charge in [-0.2, -0.15) is 4.98 Å². The standard InChI is InChI=1S/C16H15BrN4/c17-14-6-3-9-21-15(14)19-16(20-21)18-13-8-7-11-4-1-2-5-12(11)10-13/h1-6,9,13H,7-8,10H2,(H,18,20). The number of hydrogen-bond acceptors (Lipinski definition) is 3. The predicted octanol–water partition coefficient (Wildman–Crippen LogP) is 3.46. The second kappa shape index (κ2) is 5.15. The number of aromatic nitrogens is 3. The van der Waals surface area contributed by atoms with Gasteiger partial charge in [0.1, 0.15) is 0 Å².